The first-order valence-corrected chi connectivity index (χ1v) is 12.4. The van der Waals surface area contributed by atoms with Crippen molar-refractivity contribution >= 4 is 44.8 Å². The number of aryl methyl sites for hydroxylation is 1. The van der Waals surface area contributed by atoms with Crippen molar-refractivity contribution in [2.24, 2.45) is 0 Å². The number of thioether (sulfide) groups is 1. The molecule has 1 fully saturated rings. The maximum atomic E-state index is 12.7. The van der Waals surface area contributed by atoms with Crippen LogP contribution in [0.1, 0.15) is 21.5 Å². The van der Waals surface area contributed by atoms with Gasteiger partial charge in [0.1, 0.15) is 0 Å². The number of nitrogens with one attached hydrogen (secondary N) is 1. The summed E-state index contributed by atoms with van der Waals surface area (Å²) < 4.78 is 23.5. The lowest BCUT2D eigenvalue weighted by atomic mass is 10.1. The van der Waals surface area contributed by atoms with Gasteiger partial charge < -0.3 is 5.32 Å². The Bertz CT molecular complexity index is 987. The summed E-state index contributed by atoms with van der Waals surface area (Å²) in [6.07, 6.45) is 1.10. The number of carbonyl (C=O) groups excluding carboxylic acids is 1. The van der Waals surface area contributed by atoms with Gasteiger partial charge in [-0.2, -0.15) is 11.8 Å². The Labute approximate surface area is 175 Å². The lowest BCUT2D eigenvalue weighted by Crippen LogP contribution is -2.31. The smallest absolute Gasteiger partial charge is 0.257 e. The van der Waals surface area contributed by atoms with E-state index in [4.69, 9.17) is 11.6 Å². The molecule has 0 aliphatic carbocycles. The third kappa shape index (κ3) is 5.29. The van der Waals surface area contributed by atoms with Crippen LogP contribution in [0.4, 0.5) is 5.69 Å². The summed E-state index contributed by atoms with van der Waals surface area (Å²) in [7, 11) is -3.42. The molecule has 3 rings (SSSR count). The number of halogens is 1. The monoisotopic (exact) mass is 438 g/mol. The second kappa shape index (κ2) is 8.86. The molecule has 2 aromatic rings. The van der Waals surface area contributed by atoms with Gasteiger partial charge in [0, 0.05) is 43.1 Å². The van der Waals surface area contributed by atoms with Crippen LogP contribution in [-0.2, 0) is 16.4 Å². The number of sulfone groups is 1. The summed E-state index contributed by atoms with van der Waals surface area (Å²) in [5.41, 5.74) is 2.98. The van der Waals surface area contributed by atoms with Gasteiger partial charge in [0.2, 0.25) is 0 Å². The molecule has 0 atom stereocenters. The number of hydrogen-bond acceptors (Lipinski definition) is 5. The molecule has 0 saturated carbocycles. The Balaban J connectivity index is 1.75. The number of anilines is 1. The molecule has 0 radical (unpaired) electrons. The van der Waals surface area contributed by atoms with Crippen molar-refractivity contribution in [1.29, 1.82) is 0 Å². The fourth-order valence-electron chi connectivity index (χ4n) is 3.08. The lowest BCUT2D eigenvalue weighted by molar-refractivity contribution is 0.102. The number of rotatable bonds is 5. The van der Waals surface area contributed by atoms with E-state index in [0.29, 0.717) is 5.69 Å². The fraction of sp³-hybridized carbons (Fsp3) is 0.350. The second-order valence-electron chi connectivity index (χ2n) is 6.91. The van der Waals surface area contributed by atoms with Crippen molar-refractivity contribution < 1.29 is 13.2 Å². The third-order valence-electron chi connectivity index (χ3n) is 4.66. The largest absolute Gasteiger partial charge is 0.322 e. The number of carbonyl (C=O) groups is 1. The van der Waals surface area contributed by atoms with Gasteiger partial charge >= 0.3 is 0 Å². The van der Waals surface area contributed by atoms with E-state index in [-0.39, 0.29) is 15.5 Å². The summed E-state index contributed by atoms with van der Waals surface area (Å²) in [6, 6.07) is 10.1. The highest BCUT2D eigenvalue weighted by Crippen LogP contribution is 2.24. The molecule has 1 amide bonds. The Morgan fingerprint density at radius 2 is 1.89 bits per heavy atom. The Hall–Kier alpha value is -1.54. The molecular formula is C20H23ClN2O3S2. The first-order valence-electron chi connectivity index (χ1n) is 8.94. The van der Waals surface area contributed by atoms with Crippen LogP contribution in [0.15, 0.2) is 41.3 Å². The van der Waals surface area contributed by atoms with Crippen LogP contribution >= 0.6 is 23.4 Å². The zero-order valence-electron chi connectivity index (χ0n) is 15.9. The van der Waals surface area contributed by atoms with Gasteiger partial charge in [-0.15, -0.1) is 0 Å². The minimum Gasteiger partial charge on any atom is -0.322 e. The Morgan fingerprint density at radius 1 is 1.18 bits per heavy atom. The molecule has 0 aromatic heterocycles. The molecule has 1 saturated heterocycles. The Kier molecular flexibility index (Phi) is 6.70. The first-order chi connectivity index (χ1) is 13.2. The van der Waals surface area contributed by atoms with Crippen LogP contribution < -0.4 is 5.32 Å². The first kappa shape index (κ1) is 21.2. The van der Waals surface area contributed by atoms with Gasteiger partial charge in [-0.25, -0.2) is 8.42 Å². The topological polar surface area (TPSA) is 66.5 Å². The van der Waals surface area contributed by atoms with E-state index in [0.717, 1.165) is 31.5 Å². The average Bonchev–Trinajstić information content (AvgIpc) is 2.64. The molecule has 8 heteroatoms. The molecule has 2 aromatic carbocycles. The molecule has 1 heterocycles. The predicted molar refractivity (Wildman–Crippen MR) is 116 cm³/mol. The van der Waals surface area contributed by atoms with Crippen LogP contribution in [0.3, 0.4) is 0 Å². The van der Waals surface area contributed by atoms with Crippen molar-refractivity contribution in [3.63, 3.8) is 0 Å². The third-order valence-corrected chi connectivity index (χ3v) is 7.04. The van der Waals surface area contributed by atoms with E-state index in [1.165, 1.54) is 35.3 Å². The second-order valence-corrected chi connectivity index (χ2v) is 10.6. The van der Waals surface area contributed by atoms with Crippen molar-refractivity contribution in [2.45, 2.75) is 18.4 Å². The Morgan fingerprint density at radius 3 is 2.54 bits per heavy atom. The van der Waals surface area contributed by atoms with Crippen molar-refractivity contribution in [3.05, 3.63) is 58.1 Å². The highest BCUT2D eigenvalue weighted by molar-refractivity contribution is 7.99. The normalized spacial score (nSPS) is 15.4. The predicted octanol–water partition coefficient (Wildman–Crippen LogP) is 3.85. The van der Waals surface area contributed by atoms with Crippen LogP contribution in [0.2, 0.25) is 5.02 Å². The zero-order valence-corrected chi connectivity index (χ0v) is 18.3. The van der Waals surface area contributed by atoms with Crippen molar-refractivity contribution in [3.8, 4) is 0 Å². The van der Waals surface area contributed by atoms with Gasteiger partial charge in [0.05, 0.1) is 15.5 Å². The highest BCUT2D eigenvalue weighted by atomic mass is 35.5. The van der Waals surface area contributed by atoms with Crippen LogP contribution in [0, 0.1) is 6.92 Å². The summed E-state index contributed by atoms with van der Waals surface area (Å²) in [6.45, 7) is 5.03. The molecule has 28 heavy (non-hydrogen) atoms. The number of benzene rings is 2. The summed E-state index contributed by atoms with van der Waals surface area (Å²) >= 11 is 8.10. The number of hydrogen-bond donors (Lipinski definition) is 1. The summed E-state index contributed by atoms with van der Waals surface area (Å²) in [5, 5.41) is 3.05. The minimum absolute atomic E-state index is 0.0637. The molecule has 1 N–H and O–H groups in total. The standard InChI is InChI=1S/C20H23ClN2O3S2/c1-14-11-15(13-23-7-9-27-10-8-23)3-6-19(14)22-20(24)17-12-16(28(2,25)26)4-5-18(17)21/h3-6,11-12H,7-10,13H2,1-2H3,(H,22,24). The molecule has 5 nitrogen and oxygen atoms in total. The van der Waals surface area contributed by atoms with E-state index in [2.05, 4.69) is 16.3 Å². The maximum Gasteiger partial charge on any atom is 0.257 e. The highest BCUT2D eigenvalue weighted by Gasteiger charge is 2.17. The summed E-state index contributed by atoms with van der Waals surface area (Å²) in [4.78, 5) is 15.2. The molecule has 150 valence electrons. The van der Waals surface area contributed by atoms with E-state index in [9.17, 15) is 13.2 Å². The number of amides is 1. The van der Waals surface area contributed by atoms with Crippen molar-refractivity contribution in [2.75, 3.05) is 36.2 Å². The lowest BCUT2D eigenvalue weighted by Gasteiger charge is -2.26. The fourth-order valence-corrected chi connectivity index (χ4v) is 4.91. The van der Waals surface area contributed by atoms with E-state index >= 15 is 0 Å². The van der Waals surface area contributed by atoms with Gasteiger partial charge in [0.25, 0.3) is 5.91 Å². The summed E-state index contributed by atoms with van der Waals surface area (Å²) in [5.74, 6) is 1.90. The van der Waals surface area contributed by atoms with Gasteiger partial charge in [-0.05, 0) is 42.3 Å². The molecule has 0 spiro atoms. The number of nitrogens with zero attached hydrogens (tertiary/aromatic N) is 1. The van der Waals surface area contributed by atoms with E-state index in [1.807, 2.05) is 30.8 Å². The maximum absolute atomic E-state index is 12.7. The molecule has 0 bridgehead atoms. The van der Waals surface area contributed by atoms with Crippen LogP contribution in [0.25, 0.3) is 0 Å². The van der Waals surface area contributed by atoms with Gasteiger partial charge in [-0.3, -0.25) is 9.69 Å². The molecule has 1 aliphatic rings. The van der Waals surface area contributed by atoms with E-state index in [1.54, 1.807) is 0 Å². The molecular weight excluding hydrogens is 416 g/mol. The van der Waals surface area contributed by atoms with Crippen LogP contribution in [-0.4, -0.2) is 50.1 Å². The zero-order chi connectivity index (χ0) is 20.3. The van der Waals surface area contributed by atoms with Crippen LogP contribution in [0.5, 0.6) is 0 Å². The van der Waals surface area contributed by atoms with Gasteiger partial charge in [0.15, 0.2) is 9.84 Å². The molecule has 1 aliphatic heterocycles. The SMILES string of the molecule is Cc1cc(CN2CCSCC2)ccc1NC(=O)c1cc(S(C)(=O)=O)ccc1Cl. The van der Waals surface area contributed by atoms with E-state index < -0.39 is 15.7 Å². The minimum atomic E-state index is -3.42. The quantitative estimate of drug-likeness (QED) is 0.767. The van der Waals surface area contributed by atoms with Gasteiger partial charge in [-0.1, -0.05) is 23.7 Å². The average molecular weight is 439 g/mol. The molecule has 0 unspecified atom stereocenters. The van der Waals surface area contributed by atoms with Crippen molar-refractivity contribution in [1.82, 2.24) is 4.90 Å².